The van der Waals surface area contributed by atoms with Crippen LogP contribution in [0.2, 0.25) is 0 Å². The molecule has 4 rings (SSSR count). The van der Waals surface area contributed by atoms with Gasteiger partial charge in [-0.05, 0) is 13.8 Å². The van der Waals surface area contributed by atoms with E-state index in [0.717, 1.165) is 0 Å². The van der Waals surface area contributed by atoms with Gasteiger partial charge in [0.2, 0.25) is 0 Å². The molecular formula is C15H19FN5O5P. The van der Waals surface area contributed by atoms with Crippen molar-refractivity contribution in [1.29, 1.82) is 0 Å². The number of terminal acetylenes is 1. The Labute approximate surface area is 154 Å². The fourth-order valence-electron chi connectivity index (χ4n) is 2.93. The van der Waals surface area contributed by atoms with Crippen LogP contribution in [0.5, 0.6) is 0 Å². The van der Waals surface area contributed by atoms with E-state index in [1.165, 1.54) is 6.33 Å². The van der Waals surface area contributed by atoms with Crippen LogP contribution >= 0.6 is 7.82 Å². The lowest BCUT2D eigenvalue weighted by atomic mass is 10.2. The van der Waals surface area contributed by atoms with Crippen molar-refractivity contribution in [1.82, 2.24) is 19.5 Å². The first-order valence-electron chi connectivity index (χ1n) is 8.10. The zero-order chi connectivity index (χ0) is 19.8. The number of nitrogens with two attached hydrogens (primary N) is 1. The Kier molecular flexibility index (Phi) is 5.46. The fourth-order valence-corrected chi connectivity index (χ4v) is 4.50. The molecule has 2 aliphatic rings. The van der Waals surface area contributed by atoms with E-state index < -0.39 is 32.3 Å². The van der Waals surface area contributed by atoms with Gasteiger partial charge in [-0.15, -0.1) is 12.8 Å². The maximum absolute atomic E-state index is 13.5. The van der Waals surface area contributed by atoms with Crippen LogP contribution in [0.3, 0.4) is 0 Å². The molecule has 4 heterocycles. The molecule has 0 aromatic carbocycles. The average molecular weight is 399 g/mol. The molecule has 4 unspecified atom stereocenters. The monoisotopic (exact) mass is 399 g/mol. The van der Waals surface area contributed by atoms with Crippen LogP contribution in [-0.4, -0.2) is 44.4 Å². The van der Waals surface area contributed by atoms with Gasteiger partial charge in [0.25, 0.3) is 0 Å². The van der Waals surface area contributed by atoms with E-state index in [0.29, 0.717) is 6.42 Å². The van der Waals surface area contributed by atoms with Gasteiger partial charge >= 0.3 is 13.9 Å². The Balaban J connectivity index is 0.00000102. The Morgan fingerprint density at radius 1 is 1.41 bits per heavy atom. The van der Waals surface area contributed by atoms with E-state index in [2.05, 4.69) is 27.8 Å². The Bertz CT molecular complexity index is 903. The van der Waals surface area contributed by atoms with Crippen molar-refractivity contribution in [2.24, 2.45) is 0 Å². The molecular weight excluding hydrogens is 380 g/mol. The van der Waals surface area contributed by atoms with Gasteiger partial charge in [-0.3, -0.25) is 18.1 Å². The smallest absolute Gasteiger partial charge is 0.382 e. The van der Waals surface area contributed by atoms with Crippen LogP contribution < -0.4 is 5.73 Å². The molecule has 2 saturated heterocycles. The number of halogens is 1. The number of ether oxygens (including phenoxy) is 1. The number of hydrogen-bond donors (Lipinski definition) is 1. The van der Waals surface area contributed by atoms with Gasteiger partial charge in [0.05, 0.1) is 19.0 Å². The summed E-state index contributed by atoms with van der Waals surface area (Å²) in [4.78, 5) is 11.3. The Morgan fingerprint density at radius 3 is 2.85 bits per heavy atom. The third-order valence-corrected chi connectivity index (χ3v) is 5.59. The molecule has 0 aliphatic carbocycles. The van der Waals surface area contributed by atoms with Crippen LogP contribution in [0.4, 0.5) is 10.2 Å². The number of nitrogen functional groups attached to an aromatic ring is 1. The van der Waals surface area contributed by atoms with Crippen molar-refractivity contribution >= 4 is 24.8 Å². The highest BCUT2D eigenvalue weighted by molar-refractivity contribution is 7.48. The summed E-state index contributed by atoms with van der Waals surface area (Å²) in [5.41, 5.74) is 6.16. The van der Waals surface area contributed by atoms with Gasteiger partial charge in [-0.1, -0.05) is 0 Å². The minimum absolute atomic E-state index is 0.0499. The van der Waals surface area contributed by atoms with Gasteiger partial charge in [0, 0.05) is 6.42 Å². The largest absolute Gasteiger partial charge is 0.475 e. The number of fused-ring (bicyclic) bond motifs is 2. The van der Waals surface area contributed by atoms with E-state index in [4.69, 9.17) is 24.0 Å². The molecule has 0 bridgehead atoms. The second-order valence-corrected chi connectivity index (χ2v) is 7.68. The maximum atomic E-state index is 13.5. The molecule has 10 nitrogen and oxygen atoms in total. The van der Waals surface area contributed by atoms with E-state index in [1.807, 2.05) is 0 Å². The average Bonchev–Trinajstić information content (AvgIpc) is 3.18. The van der Waals surface area contributed by atoms with E-state index in [-0.39, 0.29) is 29.7 Å². The van der Waals surface area contributed by atoms with Crippen molar-refractivity contribution < 1.29 is 27.3 Å². The Morgan fingerprint density at radius 2 is 2.15 bits per heavy atom. The van der Waals surface area contributed by atoms with Gasteiger partial charge in [0.1, 0.15) is 18.4 Å². The molecule has 2 fully saturated rings. The predicted molar refractivity (Wildman–Crippen MR) is 92.8 cm³/mol. The summed E-state index contributed by atoms with van der Waals surface area (Å²) < 4.78 is 49.4. The number of nitrogens with zero attached hydrogens (tertiary/aromatic N) is 4. The summed E-state index contributed by atoms with van der Waals surface area (Å²) in [7, 11) is -3.62. The maximum Gasteiger partial charge on any atom is 0.475 e. The van der Waals surface area contributed by atoms with E-state index >= 15 is 0 Å². The van der Waals surface area contributed by atoms with Gasteiger partial charge in [-0.2, -0.15) is 14.4 Å². The lowest BCUT2D eigenvalue weighted by molar-refractivity contribution is -0.0733. The number of phosphoric acid groups is 1. The van der Waals surface area contributed by atoms with Crippen molar-refractivity contribution in [2.45, 2.75) is 44.8 Å². The molecule has 2 N–H and O–H groups in total. The number of hydrogen-bond acceptors (Lipinski definition) is 9. The zero-order valence-electron chi connectivity index (χ0n) is 14.7. The highest BCUT2D eigenvalue weighted by Gasteiger charge is 2.48. The topological polar surface area (TPSA) is 124 Å². The SMILES string of the molecule is C#C.CC(C)OP1(=O)OCC2OC(n3cnc4c(N)nc(F)nc43)CC2O1. The van der Waals surface area contributed by atoms with Gasteiger partial charge < -0.3 is 10.5 Å². The number of aromatic nitrogens is 4. The molecule has 27 heavy (non-hydrogen) atoms. The first-order chi connectivity index (χ1) is 12.8. The summed E-state index contributed by atoms with van der Waals surface area (Å²) in [6.45, 7) is 3.55. The molecule has 0 radical (unpaired) electrons. The minimum Gasteiger partial charge on any atom is -0.382 e. The van der Waals surface area contributed by atoms with Gasteiger partial charge in [-0.25, -0.2) is 9.55 Å². The molecule has 2 aromatic heterocycles. The van der Waals surface area contributed by atoms with E-state index in [1.54, 1.807) is 18.4 Å². The van der Waals surface area contributed by atoms with Crippen LogP contribution in [-0.2, 0) is 22.9 Å². The summed E-state index contributed by atoms with van der Waals surface area (Å²) in [5.74, 6) is -0.0499. The third-order valence-electron chi connectivity index (χ3n) is 3.91. The quantitative estimate of drug-likeness (QED) is 0.469. The minimum atomic E-state index is -3.62. The molecule has 12 heteroatoms. The van der Waals surface area contributed by atoms with Gasteiger partial charge in [0.15, 0.2) is 17.0 Å². The lowest BCUT2D eigenvalue weighted by Gasteiger charge is -2.30. The molecule has 2 aromatic rings. The number of rotatable bonds is 3. The second-order valence-electron chi connectivity index (χ2n) is 6.11. The van der Waals surface area contributed by atoms with Crippen LogP contribution in [0.15, 0.2) is 6.33 Å². The normalized spacial score (nSPS) is 30.1. The van der Waals surface area contributed by atoms with Crippen LogP contribution in [0.1, 0.15) is 26.5 Å². The summed E-state index contributed by atoms with van der Waals surface area (Å²) in [5, 5.41) is 0. The molecule has 0 saturated carbocycles. The molecule has 0 amide bonds. The first-order valence-corrected chi connectivity index (χ1v) is 9.56. The van der Waals surface area contributed by atoms with E-state index in [9.17, 15) is 8.96 Å². The highest BCUT2D eigenvalue weighted by Crippen LogP contribution is 2.57. The van der Waals surface area contributed by atoms with Crippen molar-refractivity contribution in [3.63, 3.8) is 0 Å². The second kappa shape index (κ2) is 7.50. The molecule has 0 spiro atoms. The Hall–Kier alpha value is -2.09. The summed E-state index contributed by atoms with van der Waals surface area (Å²) in [6.07, 6.45) is 7.10. The van der Waals surface area contributed by atoms with Crippen molar-refractivity contribution in [3.05, 3.63) is 12.4 Å². The van der Waals surface area contributed by atoms with Crippen LogP contribution in [0.25, 0.3) is 11.2 Å². The van der Waals surface area contributed by atoms with Crippen molar-refractivity contribution in [3.8, 4) is 12.8 Å². The molecule has 146 valence electrons. The molecule has 4 atom stereocenters. The standard InChI is InChI=1S/C13H17FN5O5P.C2H2/c1-6(2)23-25(20)21-4-8-7(24-25)3-9(22-8)19-5-16-10-11(15)17-13(14)18-12(10)19;1-2/h5-9H,3-4H2,1-2H3,(H2,15,17,18);1-2H. The number of phosphoric ester groups is 1. The van der Waals surface area contributed by atoms with Crippen molar-refractivity contribution in [2.75, 3.05) is 12.3 Å². The summed E-state index contributed by atoms with van der Waals surface area (Å²) in [6, 6.07) is 0. The predicted octanol–water partition coefficient (Wildman–Crippen LogP) is 2.03. The zero-order valence-corrected chi connectivity index (χ0v) is 15.6. The lowest BCUT2D eigenvalue weighted by Crippen LogP contribution is -2.33. The molecule has 2 aliphatic heterocycles. The summed E-state index contributed by atoms with van der Waals surface area (Å²) >= 11 is 0. The number of anilines is 1. The van der Waals surface area contributed by atoms with Crippen LogP contribution in [0, 0.1) is 18.9 Å². The fraction of sp³-hybridized carbons (Fsp3) is 0.533. The first kappa shape index (κ1) is 19.7. The third kappa shape index (κ3) is 3.81. The highest BCUT2D eigenvalue weighted by atomic mass is 31.2. The number of imidazole rings is 1.